The fourth-order valence-corrected chi connectivity index (χ4v) is 1.85. The van der Waals surface area contributed by atoms with Crippen molar-refractivity contribution in [2.24, 2.45) is 0 Å². The summed E-state index contributed by atoms with van der Waals surface area (Å²) in [5.41, 5.74) is 2.29. The standard InChI is InChI=1S/C16H20N2O/c1-12(2)13-4-6-15(7-5-13)19-16-8-9-18-14(10-16)11-17-3/h4-10,12,17H,11H2,1-3H3. The lowest BCUT2D eigenvalue weighted by Crippen LogP contribution is -2.06. The number of pyridine rings is 1. The van der Waals surface area contributed by atoms with Gasteiger partial charge in [-0.15, -0.1) is 0 Å². The molecule has 0 bridgehead atoms. The molecule has 3 nitrogen and oxygen atoms in total. The zero-order valence-electron chi connectivity index (χ0n) is 11.7. The van der Waals surface area contributed by atoms with E-state index in [4.69, 9.17) is 4.74 Å². The molecular weight excluding hydrogens is 236 g/mol. The molecule has 100 valence electrons. The van der Waals surface area contributed by atoms with Crippen molar-refractivity contribution in [1.82, 2.24) is 10.3 Å². The highest BCUT2D eigenvalue weighted by Gasteiger charge is 2.02. The van der Waals surface area contributed by atoms with E-state index in [1.807, 2.05) is 31.3 Å². The number of aromatic nitrogens is 1. The van der Waals surface area contributed by atoms with Crippen molar-refractivity contribution in [2.45, 2.75) is 26.3 Å². The third-order valence-corrected chi connectivity index (χ3v) is 2.93. The highest BCUT2D eigenvalue weighted by Crippen LogP contribution is 2.24. The number of hydrogen-bond acceptors (Lipinski definition) is 3. The molecule has 0 fully saturated rings. The number of hydrogen-bond donors (Lipinski definition) is 1. The second-order valence-corrected chi connectivity index (χ2v) is 4.84. The minimum absolute atomic E-state index is 0.539. The van der Waals surface area contributed by atoms with Gasteiger partial charge in [0.25, 0.3) is 0 Å². The summed E-state index contributed by atoms with van der Waals surface area (Å²) < 4.78 is 5.83. The molecule has 1 aromatic carbocycles. The van der Waals surface area contributed by atoms with Gasteiger partial charge >= 0.3 is 0 Å². The Morgan fingerprint density at radius 2 is 1.84 bits per heavy atom. The van der Waals surface area contributed by atoms with E-state index in [0.29, 0.717) is 5.92 Å². The molecule has 1 N–H and O–H groups in total. The van der Waals surface area contributed by atoms with Gasteiger partial charge in [0.2, 0.25) is 0 Å². The summed E-state index contributed by atoms with van der Waals surface area (Å²) in [4.78, 5) is 4.27. The Kier molecular flexibility index (Phi) is 4.53. The van der Waals surface area contributed by atoms with Crippen LogP contribution < -0.4 is 10.1 Å². The van der Waals surface area contributed by atoms with Gasteiger partial charge in [0.15, 0.2) is 0 Å². The molecule has 1 aromatic heterocycles. The maximum atomic E-state index is 5.83. The molecule has 0 aliphatic heterocycles. The average Bonchev–Trinajstić information content (AvgIpc) is 2.40. The quantitative estimate of drug-likeness (QED) is 0.885. The van der Waals surface area contributed by atoms with Crippen LogP contribution in [0.25, 0.3) is 0 Å². The van der Waals surface area contributed by atoms with Gasteiger partial charge in [-0.25, -0.2) is 0 Å². The second kappa shape index (κ2) is 6.34. The Balaban J connectivity index is 2.10. The van der Waals surface area contributed by atoms with Gasteiger partial charge in [0.05, 0.1) is 5.69 Å². The van der Waals surface area contributed by atoms with E-state index in [1.165, 1.54) is 5.56 Å². The Morgan fingerprint density at radius 3 is 2.47 bits per heavy atom. The SMILES string of the molecule is CNCc1cc(Oc2ccc(C(C)C)cc2)ccn1. The molecule has 2 aromatic rings. The van der Waals surface area contributed by atoms with Crippen molar-refractivity contribution >= 4 is 0 Å². The highest BCUT2D eigenvalue weighted by molar-refractivity contribution is 5.34. The van der Waals surface area contributed by atoms with Crippen LogP contribution in [0.1, 0.15) is 31.0 Å². The third kappa shape index (κ3) is 3.80. The van der Waals surface area contributed by atoms with Gasteiger partial charge in [0, 0.05) is 18.8 Å². The Bertz CT molecular complexity index is 521. The van der Waals surface area contributed by atoms with Crippen molar-refractivity contribution in [1.29, 1.82) is 0 Å². The van der Waals surface area contributed by atoms with E-state index in [2.05, 4.69) is 36.3 Å². The molecule has 19 heavy (non-hydrogen) atoms. The smallest absolute Gasteiger partial charge is 0.130 e. The molecule has 0 unspecified atom stereocenters. The number of ether oxygens (including phenoxy) is 1. The minimum Gasteiger partial charge on any atom is -0.457 e. The summed E-state index contributed by atoms with van der Waals surface area (Å²) in [6.45, 7) is 5.11. The predicted molar refractivity (Wildman–Crippen MR) is 77.6 cm³/mol. The lowest BCUT2D eigenvalue weighted by Gasteiger charge is -2.09. The average molecular weight is 256 g/mol. The Hall–Kier alpha value is -1.87. The molecule has 0 amide bonds. The maximum Gasteiger partial charge on any atom is 0.130 e. The van der Waals surface area contributed by atoms with Crippen LogP contribution in [0, 0.1) is 0 Å². The molecule has 0 atom stereocenters. The summed E-state index contributed by atoms with van der Waals surface area (Å²) in [5.74, 6) is 2.21. The number of nitrogens with one attached hydrogen (secondary N) is 1. The van der Waals surface area contributed by atoms with Gasteiger partial charge in [-0.2, -0.15) is 0 Å². The first-order valence-corrected chi connectivity index (χ1v) is 6.56. The first-order chi connectivity index (χ1) is 9.19. The molecular formula is C16H20N2O. The van der Waals surface area contributed by atoms with Crippen LogP contribution in [-0.2, 0) is 6.54 Å². The van der Waals surface area contributed by atoms with Crippen molar-refractivity contribution in [3.8, 4) is 11.5 Å². The molecule has 0 aliphatic carbocycles. The Labute approximate surface area is 114 Å². The maximum absolute atomic E-state index is 5.83. The van der Waals surface area contributed by atoms with E-state index in [1.54, 1.807) is 6.20 Å². The van der Waals surface area contributed by atoms with Crippen LogP contribution in [0.5, 0.6) is 11.5 Å². The van der Waals surface area contributed by atoms with Crippen molar-refractivity contribution in [3.05, 3.63) is 53.9 Å². The monoisotopic (exact) mass is 256 g/mol. The highest BCUT2D eigenvalue weighted by atomic mass is 16.5. The minimum atomic E-state index is 0.539. The lowest BCUT2D eigenvalue weighted by molar-refractivity contribution is 0.480. The molecule has 3 heteroatoms. The van der Waals surface area contributed by atoms with Crippen LogP contribution in [0.3, 0.4) is 0 Å². The van der Waals surface area contributed by atoms with E-state index >= 15 is 0 Å². The van der Waals surface area contributed by atoms with Gasteiger partial charge in [0.1, 0.15) is 11.5 Å². The van der Waals surface area contributed by atoms with E-state index < -0.39 is 0 Å². The van der Waals surface area contributed by atoms with E-state index in [0.717, 1.165) is 23.7 Å². The first kappa shape index (κ1) is 13.6. The fraction of sp³-hybridized carbons (Fsp3) is 0.312. The van der Waals surface area contributed by atoms with Crippen LogP contribution in [0.2, 0.25) is 0 Å². The van der Waals surface area contributed by atoms with Gasteiger partial charge in [-0.1, -0.05) is 26.0 Å². The van der Waals surface area contributed by atoms with Crippen LogP contribution in [0.15, 0.2) is 42.6 Å². The molecule has 0 aliphatic rings. The summed E-state index contributed by atoms with van der Waals surface area (Å²) >= 11 is 0. The summed E-state index contributed by atoms with van der Waals surface area (Å²) in [7, 11) is 1.90. The van der Waals surface area contributed by atoms with Crippen molar-refractivity contribution in [2.75, 3.05) is 7.05 Å². The topological polar surface area (TPSA) is 34.1 Å². The van der Waals surface area contributed by atoms with Crippen LogP contribution in [0.4, 0.5) is 0 Å². The van der Waals surface area contributed by atoms with Gasteiger partial charge < -0.3 is 10.1 Å². The van der Waals surface area contributed by atoms with Crippen LogP contribution >= 0.6 is 0 Å². The first-order valence-electron chi connectivity index (χ1n) is 6.56. The normalized spacial score (nSPS) is 10.7. The van der Waals surface area contributed by atoms with Crippen molar-refractivity contribution in [3.63, 3.8) is 0 Å². The Morgan fingerprint density at radius 1 is 1.11 bits per heavy atom. The lowest BCUT2D eigenvalue weighted by atomic mass is 10.0. The molecule has 0 saturated carbocycles. The van der Waals surface area contributed by atoms with E-state index in [9.17, 15) is 0 Å². The third-order valence-electron chi connectivity index (χ3n) is 2.93. The summed E-state index contributed by atoms with van der Waals surface area (Å²) in [6, 6.07) is 12.1. The van der Waals surface area contributed by atoms with Gasteiger partial charge in [-0.05, 0) is 36.7 Å². The molecule has 0 radical (unpaired) electrons. The predicted octanol–water partition coefficient (Wildman–Crippen LogP) is 3.72. The van der Waals surface area contributed by atoms with E-state index in [-0.39, 0.29) is 0 Å². The largest absolute Gasteiger partial charge is 0.457 e. The number of rotatable bonds is 5. The number of nitrogens with zero attached hydrogens (tertiary/aromatic N) is 1. The van der Waals surface area contributed by atoms with Crippen LogP contribution in [-0.4, -0.2) is 12.0 Å². The zero-order valence-corrected chi connectivity index (χ0v) is 11.7. The molecule has 2 rings (SSSR count). The fourth-order valence-electron chi connectivity index (χ4n) is 1.85. The molecule has 0 saturated heterocycles. The van der Waals surface area contributed by atoms with Gasteiger partial charge in [-0.3, -0.25) is 4.98 Å². The zero-order chi connectivity index (χ0) is 13.7. The molecule has 1 heterocycles. The molecule has 0 spiro atoms. The summed E-state index contributed by atoms with van der Waals surface area (Å²) in [6.07, 6.45) is 1.77. The second-order valence-electron chi connectivity index (χ2n) is 4.84. The van der Waals surface area contributed by atoms with Crippen molar-refractivity contribution < 1.29 is 4.74 Å². The number of benzene rings is 1. The summed E-state index contributed by atoms with van der Waals surface area (Å²) in [5, 5.41) is 3.08.